The molecule has 2 aromatic rings. The molecular weight excluding hydrogens is 519 g/mol. The second-order valence-electron chi connectivity index (χ2n) is 6.84. The Kier molecular flexibility index (Phi) is 8.53. The first-order valence-corrected chi connectivity index (χ1v) is 10.0. The Hall–Kier alpha value is -1.16. The van der Waals surface area contributed by atoms with E-state index in [4.69, 9.17) is 0 Å². The molecule has 3 rings (SSSR count). The zero-order chi connectivity index (χ0) is 18.4. The molecule has 0 radical (unpaired) electrons. The number of nitrogens with zero attached hydrogens (tertiary/aromatic N) is 4. The van der Waals surface area contributed by atoms with Crippen LogP contribution in [0.2, 0.25) is 0 Å². The van der Waals surface area contributed by atoms with Gasteiger partial charge in [0.05, 0.1) is 0 Å². The van der Waals surface area contributed by atoms with Crippen LogP contribution in [0.5, 0.6) is 0 Å². The van der Waals surface area contributed by atoms with Gasteiger partial charge in [-0.3, -0.25) is 4.68 Å². The van der Waals surface area contributed by atoms with Crippen LogP contribution in [0.1, 0.15) is 44.0 Å². The summed E-state index contributed by atoms with van der Waals surface area (Å²) in [6.45, 7) is 4.31. The number of hydrogen-bond donors (Lipinski definition) is 2. The Morgan fingerprint density at radius 2 is 1.93 bits per heavy atom. The van der Waals surface area contributed by atoms with Gasteiger partial charge in [0.15, 0.2) is 5.96 Å². The number of aliphatic imine (C=N–C) groups is 1. The molecule has 27 heavy (non-hydrogen) atoms. The maximum Gasteiger partial charge on any atom is 0.191 e. The number of guanidine groups is 1. The Morgan fingerprint density at radius 1 is 1.22 bits per heavy atom. The van der Waals surface area contributed by atoms with Crippen LogP contribution >= 0.6 is 39.9 Å². The fraction of sp³-hybridized carbons (Fsp3) is 0.526. The van der Waals surface area contributed by atoms with Gasteiger partial charge in [-0.1, -0.05) is 40.9 Å². The average molecular weight is 547 g/mol. The highest BCUT2D eigenvalue weighted by atomic mass is 127. The van der Waals surface area contributed by atoms with Crippen LogP contribution in [0.15, 0.2) is 40.1 Å². The summed E-state index contributed by atoms with van der Waals surface area (Å²) < 4.78 is 2.88. The molecular formula is C19H28BrIN6. The number of hydrogen-bond acceptors (Lipinski definition) is 3. The summed E-state index contributed by atoms with van der Waals surface area (Å²) >= 11 is 3.54. The lowest BCUT2D eigenvalue weighted by atomic mass is 9.79. The van der Waals surface area contributed by atoms with Crippen LogP contribution in [0.3, 0.4) is 0 Å². The molecule has 148 valence electrons. The molecule has 0 bridgehead atoms. The van der Waals surface area contributed by atoms with Crippen molar-refractivity contribution in [3.8, 4) is 0 Å². The third-order valence-corrected chi connectivity index (χ3v) is 5.67. The number of halogens is 2. The van der Waals surface area contributed by atoms with Gasteiger partial charge in [-0.2, -0.15) is 5.10 Å². The van der Waals surface area contributed by atoms with E-state index >= 15 is 0 Å². The van der Waals surface area contributed by atoms with Crippen molar-refractivity contribution in [1.82, 2.24) is 25.4 Å². The Labute approximate surface area is 186 Å². The van der Waals surface area contributed by atoms with Gasteiger partial charge in [-0.15, -0.1) is 24.0 Å². The second kappa shape index (κ2) is 10.4. The van der Waals surface area contributed by atoms with Crippen molar-refractivity contribution < 1.29 is 0 Å². The van der Waals surface area contributed by atoms with Gasteiger partial charge in [0.1, 0.15) is 18.7 Å². The van der Waals surface area contributed by atoms with E-state index in [0.717, 1.165) is 29.3 Å². The summed E-state index contributed by atoms with van der Waals surface area (Å²) in [6, 6.07) is 8.78. The summed E-state index contributed by atoms with van der Waals surface area (Å²) in [4.78, 5) is 8.92. The molecule has 1 fully saturated rings. The number of benzene rings is 1. The molecule has 1 aliphatic carbocycles. The van der Waals surface area contributed by atoms with E-state index < -0.39 is 0 Å². The Balaban J connectivity index is 0.00000261. The van der Waals surface area contributed by atoms with Crippen molar-refractivity contribution >= 4 is 45.9 Å². The van der Waals surface area contributed by atoms with E-state index in [-0.39, 0.29) is 29.4 Å². The van der Waals surface area contributed by atoms with E-state index in [1.165, 1.54) is 31.2 Å². The van der Waals surface area contributed by atoms with Gasteiger partial charge in [0.25, 0.3) is 0 Å². The van der Waals surface area contributed by atoms with Crippen LogP contribution in [0.4, 0.5) is 0 Å². The van der Waals surface area contributed by atoms with Crippen molar-refractivity contribution in [1.29, 1.82) is 0 Å². The lowest BCUT2D eigenvalue weighted by Crippen LogP contribution is -2.44. The van der Waals surface area contributed by atoms with Crippen LogP contribution in [-0.4, -0.2) is 33.8 Å². The number of aromatic nitrogens is 3. The predicted molar refractivity (Wildman–Crippen MR) is 124 cm³/mol. The van der Waals surface area contributed by atoms with Gasteiger partial charge in [0, 0.05) is 30.0 Å². The summed E-state index contributed by atoms with van der Waals surface area (Å²) in [7, 11) is 1.89. The minimum atomic E-state index is 0. The molecule has 0 atom stereocenters. The fourth-order valence-corrected chi connectivity index (χ4v) is 3.89. The largest absolute Gasteiger partial charge is 0.357 e. The van der Waals surface area contributed by atoms with Crippen LogP contribution in [0, 0.1) is 0 Å². The molecule has 1 aromatic carbocycles. The van der Waals surface area contributed by atoms with Gasteiger partial charge in [-0.25, -0.2) is 9.98 Å². The second-order valence-corrected chi connectivity index (χ2v) is 7.76. The third kappa shape index (κ3) is 5.66. The number of aryl methyl sites for hydroxylation is 1. The lowest BCUT2D eigenvalue weighted by Gasteiger charge is -2.31. The maximum absolute atomic E-state index is 4.68. The SMILES string of the molecule is CCNC(=NCc1ncnn1C)NCC1(c2ccc(Br)cc2)CCCC1.I. The molecule has 0 amide bonds. The summed E-state index contributed by atoms with van der Waals surface area (Å²) in [5.41, 5.74) is 1.59. The van der Waals surface area contributed by atoms with Crippen molar-refractivity contribution in [2.24, 2.45) is 12.0 Å². The van der Waals surface area contributed by atoms with Crippen molar-refractivity contribution in [2.45, 2.75) is 44.6 Å². The molecule has 2 N–H and O–H groups in total. The molecule has 1 aliphatic rings. The summed E-state index contributed by atoms with van der Waals surface area (Å²) in [5, 5.41) is 11.0. The van der Waals surface area contributed by atoms with Crippen molar-refractivity contribution in [2.75, 3.05) is 13.1 Å². The highest BCUT2D eigenvalue weighted by molar-refractivity contribution is 14.0. The summed E-state index contributed by atoms with van der Waals surface area (Å²) in [6.07, 6.45) is 6.55. The first-order valence-electron chi connectivity index (χ1n) is 9.24. The zero-order valence-electron chi connectivity index (χ0n) is 15.9. The molecule has 0 spiro atoms. The van der Waals surface area contributed by atoms with E-state index in [0.29, 0.717) is 6.54 Å². The number of rotatable bonds is 6. The van der Waals surface area contributed by atoms with Crippen molar-refractivity contribution in [3.05, 3.63) is 46.5 Å². The Morgan fingerprint density at radius 3 is 2.52 bits per heavy atom. The first-order chi connectivity index (χ1) is 12.6. The van der Waals surface area contributed by atoms with Gasteiger partial charge in [0.2, 0.25) is 0 Å². The smallest absolute Gasteiger partial charge is 0.191 e. The summed E-state index contributed by atoms with van der Waals surface area (Å²) in [5.74, 6) is 1.68. The van der Waals surface area contributed by atoms with E-state index in [2.05, 4.69) is 72.8 Å². The van der Waals surface area contributed by atoms with Gasteiger partial charge < -0.3 is 10.6 Å². The van der Waals surface area contributed by atoms with Crippen molar-refractivity contribution in [3.63, 3.8) is 0 Å². The van der Waals surface area contributed by atoms with E-state index in [1.807, 2.05) is 7.05 Å². The monoisotopic (exact) mass is 546 g/mol. The zero-order valence-corrected chi connectivity index (χ0v) is 19.8. The molecule has 8 heteroatoms. The van der Waals surface area contributed by atoms with Crippen LogP contribution in [-0.2, 0) is 19.0 Å². The molecule has 1 aromatic heterocycles. The molecule has 1 saturated carbocycles. The standard InChI is InChI=1S/C19H27BrN6.HI/c1-3-21-18(22-12-17-24-14-25-26(17)2)23-13-19(10-4-5-11-19)15-6-8-16(20)9-7-15;/h6-9,14H,3-5,10-13H2,1-2H3,(H2,21,22,23);1H. The minimum Gasteiger partial charge on any atom is -0.357 e. The van der Waals surface area contributed by atoms with Gasteiger partial charge in [-0.05, 0) is 37.5 Å². The quantitative estimate of drug-likeness (QED) is 0.329. The lowest BCUT2D eigenvalue weighted by molar-refractivity contribution is 0.431. The van der Waals surface area contributed by atoms with E-state index in [9.17, 15) is 0 Å². The third-order valence-electron chi connectivity index (χ3n) is 5.14. The first kappa shape index (κ1) is 22.1. The van der Waals surface area contributed by atoms with Gasteiger partial charge >= 0.3 is 0 Å². The van der Waals surface area contributed by atoms with Crippen LogP contribution < -0.4 is 10.6 Å². The fourth-order valence-electron chi connectivity index (χ4n) is 3.63. The average Bonchev–Trinajstić information content (AvgIpc) is 3.28. The minimum absolute atomic E-state index is 0. The molecule has 1 heterocycles. The van der Waals surface area contributed by atoms with E-state index in [1.54, 1.807) is 11.0 Å². The highest BCUT2D eigenvalue weighted by Gasteiger charge is 2.35. The highest BCUT2D eigenvalue weighted by Crippen LogP contribution is 2.40. The number of nitrogens with one attached hydrogen (secondary N) is 2. The molecule has 0 unspecified atom stereocenters. The molecule has 6 nitrogen and oxygen atoms in total. The maximum atomic E-state index is 4.68. The Bertz CT molecular complexity index is 737. The molecule has 0 saturated heterocycles. The van der Waals surface area contributed by atoms with Crippen LogP contribution in [0.25, 0.3) is 0 Å². The molecule has 0 aliphatic heterocycles. The normalized spacial score (nSPS) is 16.0. The predicted octanol–water partition coefficient (Wildman–Crippen LogP) is 3.76. The topological polar surface area (TPSA) is 67.1 Å².